The van der Waals surface area contributed by atoms with Crippen molar-refractivity contribution >= 4 is 5.78 Å². The Morgan fingerprint density at radius 2 is 1.69 bits per heavy atom. The SMILES string of the molecule is CCC(=O)C1CCC(OC(CC(C)(C)CC)Oc2ccc(C(C)CC)cc2)CC1. The standard InChI is InChI=1S/C26H42O3/c1-7-19(4)20-10-14-22(15-11-20)28-25(18-26(5,6)9-3)29-23-16-12-21(13-17-23)24(27)8-2/h10-11,14-15,19,21,23,25H,7-9,12-13,16-18H2,1-6H3. The van der Waals surface area contributed by atoms with E-state index in [0.29, 0.717) is 18.1 Å². The lowest BCUT2D eigenvalue weighted by Gasteiger charge is -2.34. The summed E-state index contributed by atoms with van der Waals surface area (Å²) < 4.78 is 12.8. The highest BCUT2D eigenvalue weighted by molar-refractivity contribution is 5.80. The molecule has 1 aliphatic rings. The summed E-state index contributed by atoms with van der Waals surface area (Å²) in [6.07, 6.45) is 7.49. The molecule has 0 N–H and O–H groups in total. The molecule has 0 bridgehead atoms. The summed E-state index contributed by atoms with van der Waals surface area (Å²) in [5, 5.41) is 0. The molecule has 0 aromatic heterocycles. The van der Waals surface area contributed by atoms with E-state index in [-0.39, 0.29) is 23.7 Å². The van der Waals surface area contributed by atoms with Crippen LogP contribution in [0.3, 0.4) is 0 Å². The van der Waals surface area contributed by atoms with Gasteiger partial charge in [0.1, 0.15) is 11.5 Å². The first kappa shape index (κ1) is 23.9. The van der Waals surface area contributed by atoms with Crippen molar-refractivity contribution in [3.63, 3.8) is 0 Å². The van der Waals surface area contributed by atoms with Crippen molar-refractivity contribution in [2.75, 3.05) is 0 Å². The van der Waals surface area contributed by atoms with Crippen LogP contribution in [0.5, 0.6) is 5.75 Å². The van der Waals surface area contributed by atoms with Crippen LogP contribution in [0, 0.1) is 11.3 Å². The molecular formula is C26H42O3. The van der Waals surface area contributed by atoms with Gasteiger partial charge in [0.25, 0.3) is 0 Å². The third-order valence-corrected chi connectivity index (χ3v) is 6.83. The number of Topliss-reactive ketones (excluding diaryl/α,β-unsaturated/α-hetero) is 1. The average Bonchev–Trinajstić information content (AvgIpc) is 2.73. The van der Waals surface area contributed by atoms with Gasteiger partial charge in [-0.15, -0.1) is 0 Å². The van der Waals surface area contributed by atoms with E-state index in [4.69, 9.17) is 9.47 Å². The highest BCUT2D eigenvalue weighted by Crippen LogP contribution is 2.33. The van der Waals surface area contributed by atoms with E-state index in [2.05, 4.69) is 58.9 Å². The van der Waals surface area contributed by atoms with E-state index in [1.54, 1.807) is 0 Å². The van der Waals surface area contributed by atoms with Crippen molar-refractivity contribution in [3.05, 3.63) is 29.8 Å². The largest absolute Gasteiger partial charge is 0.465 e. The fourth-order valence-corrected chi connectivity index (χ4v) is 4.00. The van der Waals surface area contributed by atoms with E-state index in [0.717, 1.165) is 50.7 Å². The molecule has 0 saturated heterocycles. The number of carbonyl (C=O) groups is 1. The maximum atomic E-state index is 12.0. The topological polar surface area (TPSA) is 35.5 Å². The molecule has 0 spiro atoms. The van der Waals surface area contributed by atoms with Gasteiger partial charge in [0.2, 0.25) is 6.29 Å². The van der Waals surface area contributed by atoms with Gasteiger partial charge >= 0.3 is 0 Å². The minimum absolute atomic E-state index is 0.163. The first-order chi connectivity index (χ1) is 13.8. The number of hydrogen-bond donors (Lipinski definition) is 0. The molecule has 1 fully saturated rings. The van der Waals surface area contributed by atoms with Gasteiger partial charge in [-0.1, -0.05) is 60.1 Å². The molecule has 2 atom stereocenters. The van der Waals surface area contributed by atoms with Gasteiger partial charge in [-0.05, 0) is 61.1 Å². The predicted octanol–water partition coefficient (Wildman–Crippen LogP) is 7.29. The molecule has 0 heterocycles. The summed E-state index contributed by atoms with van der Waals surface area (Å²) in [5.41, 5.74) is 1.52. The Morgan fingerprint density at radius 1 is 1.07 bits per heavy atom. The van der Waals surface area contributed by atoms with Gasteiger partial charge in [0, 0.05) is 18.8 Å². The molecule has 0 aliphatic heterocycles. The Hall–Kier alpha value is -1.35. The third-order valence-electron chi connectivity index (χ3n) is 6.83. The molecule has 2 rings (SSSR count). The number of ketones is 1. The zero-order valence-electron chi connectivity index (χ0n) is 19.5. The first-order valence-electron chi connectivity index (χ1n) is 11.7. The fourth-order valence-electron chi connectivity index (χ4n) is 4.00. The van der Waals surface area contributed by atoms with Crippen molar-refractivity contribution in [2.24, 2.45) is 11.3 Å². The second kappa shape index (κ2) is 11.2. The number of rotatable bonds is 11. The maximum Gasteiger partial charge on any atom is 0.200 e. The number of ether oxygens (including phenoxy) is 2. The highest BCUT2D eigenvalue weighted by Gasteiger charge is 2.30. The highest BCUT2D eigenvalue weighted by atomic mass is 16.7. The van der Waals surface area contributed by atoms with Crippen LogP contribution in [0.4, 0.5) is 0 Å². The number of hydrogen-bond acceptors (Lipinski definition) is 3. The predicted molar refractivity (Wildman–Crippen MR) is 120 cm³/mol. The van der Waals surface area contributed by atoms with Crippen LogP contribution in [-0.2, 0) is 9.53 Å². The van der Waals surface area contributed by atoms with Crippen molar-refractivity contribution in [1.82, 2.24) is 0 Å². The zero-order chi connectivity index (χ0) is 21.4. The van der Waals surface area contributed by atoms with Crippen LogP contribution in [0.1, 0.15) is 104 Å². The molecule has 1 aromatic carbocycles. The summed E-state index contributed by atoms with van der Waals surface area (Å²) >= 11 is 0. The van der Waals surface area contributed by atoms with Crippen molar-refractivity contribution in [2.45, 2.75) is 111 Å². The summed E-state index contributed by atoms with van der Waals surface area (Å²) in [5.74, 6) is 2.09. The fraction of sp³-hybridized carbons (Fsp3) is 0.731. The van der Waals surface area contributed by atoms with E-state index in [1.165, 1.54) is 5.56 Å². The molecule has 1 aromatic rings. The molecule has 3 nitrogen and oxygen atoms in total. The Balaban J connectivity index is 2.01. The average molecular weight is 403 g/mol. The molecule has 0 radical (unpaired) electrons. The van der Waals surface area contributed by atoms with Crippen LogP contribution in [0.15, 0.2) is 24.3 Å². The molecule has 0 amide bonds. The van der Waals surface area contributed by atoms with Gasteiger partial charge in [-0.2, -0.15) is 0 Å². The normalized spacial score (nSPS) is 22.1. The first-order valence-corrected chi connectivity index (χ1v) is 11.7. The quantitative estimate of drug-likeness (QED) is 0.365. The van der Waals surface area contributed by atoms with Crippen molar-refractivity contribution < 1.29 is 14.3 Å². The van der Waals surface area contributed by atoms with Crippen molar-refractivity contribution in [1.29, 1.82) is 0 Å². The van der Waals surface area contributed by atoms with Gasteiger partial charge in [0.05, 0.1) is 6.10 Å². The Bertz CT molecular complexity index is 611. The lowest BCUT2D eigenvalue weighted by Crippen LogP contribution is -2.34. The molecule has 1 saturated carbocycles. The van der Waals surface area contributed by atoms with Crippen LogP contribution in [0.25, 0.3) is 0 Å². The maximum absolute atomic E-state index is 12.0. The molecule has 164 valence electrons. The third kappa shape index (κ3) is 7.44. The molecular weight excluding hydrogens is 360 g/mol. The van der Waals surface area contributed by atoms with Gasteiger partial charge < -0.3 is 9.47 Å². The van der Waals surface area contributed by atoms with Crippen molar-refractivity contribution in [3.8, 4) is 5.75 Å². The van der Waals surface area contributed by atoms with E-state index < -0.39 is 0 Å². The van der Waals surface area contributed by atoms with E-state index >= 15 is 0 Å². The monoisotopic (exact) mass is 402 g/mol. The summed E-state index contributed by atoms with van der Waals surface area (Å²) in [7, 11) is 0. The molecule has 1 aliphatic carbocycles. The van der Waals surface area contributed by atoms with E-state index in [9.17, 15) is 4.79 Å². The van der Waals surface area contributed by atoms with Gasteiger partial charge in [-0.3, -0.25) is 4.79 Å². The van der Waals surface area contributed by atoms with E-state index in [1.807, 2.05) is 6.92 Å². The summed E-state index contributed by atoms with van der Waals surface area (Å²) in [4.78, 5) is 12.0. The van der Waals surface area contributed by atoms with Gasteiger partial charge in [-0.25, -0.2) is 0 Å². The minimum Gasteiger partial charge on any atom is -0.465 e. The Labute approximate surface area is 178 Å². The van der Waals surface area contributed by atoms with Crippen LogP contribution >= 0.6 is 0 Å². The molecule has 29 heavy (non-hydrogen) atoms. The summed E-state index contributed by atoms with van der Waals surface area (Å²) in [6, 6.07) is 8.50. The van der Waals surface area contributed by atoms with Gasteiger partial charge in [0.15, 0.2) is 0 Å². The Kier molecular flexibility index (Phi) is 9.20. The minimum atomic E-state index is -0.247. The van der Waals surface area contributed by atoms with Crippen LogP contribution in [-0.4, -0.2) is 18.2 Å². The zero-order valence-corrected chi connectivity index (χ0v) is 19.5. The molecule has 3 heteroatoms. The van der Waals surface area contributed by atoms with Crippen LogP contribution < -0.4 is 4.74 Å². The lowest BCUT2D eigenvalue weighted by atomic mass is 9.83. The molecule has 2 unspecified atom stereocenters. The number of benzene rings is 1. The smallest absolute Gasteiger partial charge is 0.200 e. The lowest BCUT2D eigenvalue weighted by molar-refractivity contribution is -0.149. The number of carbonyl (C=O) groups excluding carboxylic acids is 1. The second-order valence-corrected chi connectivity index (χ2v) is 9.58. The second-order valence-electron chi connectivity index (χ2n) is 9.58. The van der Waals surface area contributed by atoms with Crippen LogP contribution in [0.2, 0.25) is 0 Å². The summed E-state index contributed by atoms with van der Waals surface area (Å²) in [6.45, 7) is 13.2. The Morgan fingerprint density at radius 3 is 2.21 bits per heavy atom.